The molecule has 0 radical (unpaired) electrons. The van der Waals surface area contributed by atoms with Crippen LogP contribution in [0.5, 0.6) is 5.75 Å². The molecule has 2 rings (SSSR count). The van der Waals surface area contributed by atoms with Crippen LogP contribution in [0.25, 0.3) is 0 Å². The van der Waals surface area contributed by atoms with E-state index in [0.29, 0.717) is 0 Å². The van der Waals surface area contributed by atoms with Crippen LogP contribution in [0.15, 0.2) is 47.1 Å². The molecule has 0 saturated heterocycles. The van der Waals surface area contributed by atoms with E-state index in [1.165, 1.54) is 5.56 Å². The lowest BCUT2D eigenvalue weighted by Gasteiger charge is -2.20. The number of hydrogen-bond acceptors (Lipinski definition) is 3. The molecule has 1 atom stereocenters. The van der Waals surface area contributed by atoms with E-state index in [4.69, 9.17) is 4.74 Å². The van der Waals surface area contributed by atoms with Gasteiger partial charge < -0.3 is 10.1 Å². The van der Waals surface area contributed by atoms with Crippen molar-refractivity contribution >= 4 is 15.9 Å². The van der Waals surface area contributed by atoms with E-state index < -0.39 is 0 Å². The standard InChI is InChI=1S/C16H19BrN2O/c1-3-10-18-15(16-14(17)5-4-11-19-16)12-6-8-13(20-2)9-7-12/h4-9,11,15,18H,3,10H2,1-2H3. The van der Waals surface area contributed by atoms with Gasteiger partial charge in [-0.05, 0) is 58.7 Å². The highest BCUT2D eigenvalue weighted by molar-refractivity contribution is 9.10. The summed E-state index contributed by atoms with van der Waals surface area (Å²) in [5, 5.41) is 3.55. The van der Waals surface area contributed by atoms with Crippen molar-refractivity contribution in [3.05, 3.63) is 58.3 Å². The van der Waals surface area contributed by atoms with E-state index in [2.05, 4.69) is 45.3 Å². The van der Waals surface area contributed by atoms with Gasteiger partial charge >= 0.3 is 0 Å². The summed E-state index contributed by atoms with van der Waals surface area (Å²) in [5.74, 6) is 0.864. The zero-order valence-electron chi connectivity index (χ0n) is 11.8. The quantitative estimate of drug-likeness (QED) is 0.868. The molecule has 1 N–H and O–H groups in total. The maximum absolute atomic E-state index is 5.21. The summed E-state index contributed by atoms with van der Waals surface area (Å²) >= 11 is 3.59. The molecule has 2 aromatic rings. The van der Waals surface area contributed by atoms with Crippen LogP contribution in [0.2, 0.25) is 0 Å². The van der Waals surface area contributed by atoms with Crippen molar-refractivity contribution < 1.29 is 4.74 Å². The molecule has 0 amide bonds. The van der Waals surface area contributed by atoms with Crippen molar-refractivity contribution in [2.75, 3.05) is 13.7 Å². The van der Waals surface area contributed by atoms with E-state index >= 15 is 0 Å². The van der Waals surface area contributed by atoms with Gasteiger partial charge in [0.25, 0.3) is 0 Å². The summed E-state index contributed by atoms with van der Waals surface area (Å²) in [7, 11) is 1.68. The minimum absolute atomic E-state index is 0.0800. The molecule has 1 unspecified atom stereocenters. The maximum atomic E-state index is 5.21. The second-order valence-electron chi connectivity index (χ2n) is 4.53. The SMILES string of the molecule is CCCNC(c1ccc(OC)cc1)c1ncccc1Br. The molecule has 0 bridgehead atoms. The summed E-state index contributed by atoms with van der Waals surface area (Å²) in [4.78, 5) is 4.51. The Morgan fingerprint density at radius 2 is 2.00 bits per heavy atom. The van der Waals surface area contributed by atoms with Crippen LogP contribution in [-0.2, 0) is 0 Å². The number of rotatable bonds is 6. The summed E-state index contributed by atoms with van der Waals surface area (Å²) in [6.07, 6.45) is 2.90. The van der Waals surface area contributed by atoms with E-state index in [9.17, 15) is 0 Å². The number of pyridine rings is 1. The zero-order chi connectivity index (χ0) is 14.4. The first-order valence-corrected chi connectivity index (χ1v) is 7.53. The van der Waals surface area contributed by atoms with Crippen molar-refractivity contribution in [3.63, 3.8) is 0 Å². The summed E-state index contributed by atoms with van der Waals surface area (Å²) in [6.45, 7) is 3.10. The number of ether oxygens (including phenoxy) is 1. The first kappa shape index (κ1) is 15.0. The van der Waals surface area contributed by atoms with Gasteiger partial charge in [-0.25, -0.2) is 0 Å². The highest BCUT2D eigenvalue weighted by Crippen LogP contribution is 2.27. The van der Waals surface area contributed by atoms with Gasteiger partial charge in [0.15, 0.2) is 0 Å². The van der Waals surface area contributed by atoms with Gasteiger partial charge in [0, 0.05) is 10.7 Å². The number of benzene rings is 1. The maximum Gasteiger partial charge on any atom is 0.118 e. The molecule has 1 aromatic heterocycles. The number of nitrogens with one attached hydrogen (secondary N) is 1. The lowest BCUT2D eigenvalue weighted by Crippen LogP contribution is -2.24. The molecule has 3 nitrogen and oxygen atoms in total. The van der Waals surface area contributed by atoms with Crippen molar-refractivity contribution in [2.24, 2.45) is 0 Å². The van der Waals surface area contributed by atoms with Crippen LogP contribution in [0, 0.1) is 0 Å². The summed E-state index contributed by atoms with van der Waals surface area (Å²) in [6, 6.07) is 12.1. The number of hydrogen-bond donors (Lipinski definition) is 1. The van der Waals surface area contributed by atoms with E-state index in [-0.39, 0.29) is 6.04 Å². The Kier molecular flexibility index (Phi) is 5.56. The average molecular weight is 335 g/mol. The summed E-state index contributed by atoms with van der Waals surface area (Å²) < 4.78 is 6.23. The molecule has 0 aliphatic rings. The van der Waals surface area contributed by atoms with Crippen LogP contribution < -0.4 is 10.1 Å². The Morgan fingerprint density at radius 3 is 2.60 bits per heavy atom. The third-order valence-electron chi connectivity index (χ3n) is 3.11. The lowest BCUT2D eigenvalue weighted by molar-refractivity contribution is 0.414. The molecule has 0 fully saturated rings. The largest absolute Gasteiger partial charge is 0.497 e. The lowest BCUT2D eigenvalue weighted by atomic mass is 10.0. The Bertz CT molecular complexity index is 542. The predicted octanol–water partition coefficient (Wildman–Crippen LogP) is 3.94. The normalized spacial score (nSPS) is 12.2. The van der Waals surface area contributed by atoms with Crippen LogP contribution in [0.4, 0.5) is 0 Å². The number of halogens is 1. The molecule has 0 spiro atoms. The van der Waals surface area contributed by atoms with Crippen LogP contribution in [0.1, 0.15) is 30.6 Å². The van der Waals surface area contributed by atoms with E-state index in [0.717, 1.165) is 28.9 Å². The first-order chi connectivity index (χ1) is 9.76. The molecule has 1 aromatic carbocycles. The van der Waals surface area contributed by atoms with E-state index in [1.807, 2.05) is 30.5 Å². The van der Waals surface area contributed by atoms with Crippen molar-refractivity contribution in [2.45, 2.75) is 19.4 Å². The van der Waals surface area contributed by atoms with Gasteiger partial charge in [-0.1, -0.05) is 19.1 Å². The highest BCUT2D eigenvalue weighted by Gasteiger charge is 2.17. The fraction of sp³-hybridized carbons (Fsp3) is 0.312. The molecular weight excluding hydrogens is 316 g/mol. The molecule has 0 aliphatic carbocycles. The van der Waals surface area contributed by atoms with Gasteiger partial charge in [-0.3, -0.25) is 4.98 Å². The number of nitrogens with zero attached hydrogens (tertiary/aromatic N) is 1. The monoisotopic (exact) mass is 334 g/mol. The Morgan fingerprint density at radius 1 is 1.25 bits per heavy atom. The number of methoxy groups -OCH3 is 1. The predicted molar refractivity (Wildman–Crippen MR) is 85.1 cm³/mol. The molecule has 0 saturated carbocycles. The number of aromatic nitrogens is 1. The van der Waals surface area contributed by atoms with Crippen molar-refractivity contribution in [3.8, 4) is 5.75 Å². The van der Waals surface area contributed by atoms with Crippen molar-refractivity contribution in [1.29, 1.82) is 0 Å². The first-order valence-electron chi connectivity index (χ1n) is 6.74. The van der Waals surface area contributed by atoms with Gasteiger partial charge in [0.05, 0.1) is 18.8 Å². The topological polar surface area (TPSA) is 34.1 Å². The van der Waals surface area contributed by atoms with Crippen LogP contribution in [-0.4, -0.2) is 18.6 Å². The fourth-order valence-corrected chi connectivity index (χ4v) is 2.55. The Labute approximate surface area is 128 Å². The Balaban J connectivity index is 2.33. The third-order valence-corrected chi connectivity index (χ3v) is 3.78. The molecule has 20 heavy (non-hydrogen) atoms. The molecular formula is C16H19BrN2O. The smallest absolute Gasteiger partial charge is 0.118 e. The van der Waals surface area contributed by atoms with Crippen LogP contribution >= 0.6 is 15.9 Å². The highest BCUT2D eigenvalue weighted by atomic mass is 79.9. The van der Waals surface area contributed by atoms with Gasteiger partial charge in [0.1, 0.15) is 5.75 Å². The third kappa shape index (κ3) is 3.58. The summed E-state index contributed by atoms with van der Waals surface area (Å²) in [5.41, 5.74) is 2.18. The molecule has 106 valence electrons. The Hall–Kier alpha value is -1.39. The molecule has 1 heterocycles. The van der Waals surface area contributed by atoms with Gasteiger partial charge in [-0.15, -0.1) is 0 Å². The molecule has 4 heteroatoms. The average Bonchev–Trinajstić information content (AvgIpc) is 2.50. The minimum Gasteiger partial charge on any atom is -0.497 e. The van der Waals surface area contributed by atoms with Gasteiger partial charge in [-0.2, -0.15) is 0 Å². The zero-order valence-corrected chi connectivity index (χ0v) is 13.4. The molecule has 0 aliphatic heterocycles. The van der Waals surface area contributed by atoms with Crippen molar-refractivity contribution in [1.82, 2.24) is 10.3 Å². The van der Waals surface area contributed by atoms with Crippen LogP contribution in [0.3, 0.4) is 0 Å². The second-order valence-corrected chi connectivity index (χ2v) is 5.39. The fourth-order valence-electron chi connectivity index (χ4n) is 2.07. The van der Waals surface area contributed by atoms with E-state index in [1.54, 1.807) is 7.11 Å². The second kappa shape index (κ2) is 7.41. The van der Waals surface area contributed by atoms with Gasteiger partial charge in [0.2, 0.25) is 0 Å². The minimum atomic E-state index is 0.0800.